The number of alkyl carbamates (subject to hydrolysis) is 3. The van der Waals surface area contributed by atoms with Crippen molar-refractivity contribution in [3.8, 4) is 17.2 Å². The highest BCUT2D eigenvalue weighted by Gasteiger charge is 2.17. The quantitative estimate of drug-likeness (QED) is 0.00776. The van der Waals surface area contributed by atoms with Crippen molar-refractivity contribution in [2.24, 2.45) is 0 Å². The molecule has 0 saturated carbocycles. The molecule has 3 amide bonds. The van der Waals surface area contributed by atoms with Crippen LogP contribution in [0.4, 0.5) is 14.4 Å². The molecule has 36 heteroatoms. The van der Waals surface area contributed by atoms with Gasteiger partial charge in [-0.05, 0) is 186 Å². The summed E-state index contributed by atoms with van der Waals surface area (Å²) in [6, 6.07) is 10.8. The fourth-order valence-electron chi connectivity index (χ4n) is 8.79. The number of ether oxygens (including phenoxy) is 9. The van der Waals surface area contributed by atoms with Crippen LogP contribution in [0.15, 0.2) is 36.4 Å². The Morgan fingerprint density at radius 2 is 0.676 bits per heavy atom. The molecule has 3 atom stereocenters. The van der Waals surface area contributed by atoms with E-state index in [1.807, 2.05) is 74.4 Å². The van der Waals surface area contributed by atoms with Gasteiger partial charge in [0.2, 0.25) is 0 Å². The Hall–Kier alpha value is -6.03. The van der Waals surface area contributed by atoms with Crippen LogP contribution in [0.1, 0.15) is 167 Å². The van der Waals surface area contributed by atoms with Gasteiger partial charge in [-0.1, -0.05) is 59.3 Å². The molecule has 0 aliphatic carbocycles. The lowest BCUT2D eigenvalue weighted by atomic mass is 10.1. The Balaban J connectivity index is 0. The number of benzene rings is 3. The Morgan fingerprint density at radius 1 is 0.412 bits per heavy atom. The number of phosphoric ester groups is 3. The minimum absolute atomic E-state index is 0. The molecule has 3 aromatic carbocycles. The van der Waals surface area contributed by atoms with Crippen LogP contribution in [0.2, 0.25) is 0 Å². The number of unbranched alkanes of at least 4 members (excludes halogenated alkanes) is 9. The number of carbonyl (C=O) groups is 6. The number of hydrogen-bond acceptors (Lipinski definition) is 28. The van der Waals surface area contributed by atoms with Gasteiger partial charge in [0.15, 0.2) is 6.79 Å². The molecule has 0 aromatic heterocycles. The fraction of sp³-hybridized carbons (Fsp3) is 0.636. The van der Waals surface area contributed by atoms with Gasteiger partial charge in [0, 0.05) is 53.7 Å². The second-order valence-corrected chi connectivity index (χ2v) is 26.4. The molecule has 33 nitrogen and oxygen atoms in total. The predicted molar refractivity (Wildman–Crippen MR) is 368 cm³/mol. The summed E-state index contributed by atoms with van der Waals surface area (Å²) >= 11 is 0. The van der Waals surface area contributed by atoms with Crippen LogP contribution in [0.25, 0.3) is 0 Å². The van der Waals surface area contributed by atoms with Gasteiger partial charge in [-0.15, -0.1) is 0 Å². The number of aliphatic hydroxyl groups excluding tert-OH is 2. The highest BCUT2D eigenvalue weighted by Crippen LogP contribution is 2.38. The summed E-state index contributed by atoms with van der Waals surface area (Å²) in [7, 11) is -11.2. The summed E-state index contributed by atoms with van der Waals surface area (Å²) in [4.78, 5) is 112. The number of phosphoric acid groups is 3. The van der Waals surface area contributed by atoms with E-state index in [-0.39, 0.29) is 64.9 Å². The topological polar surface area (TPSA) is 480 Å². The lowest BCUT2D eigenvalue weighted by Crippen LogP contribution is -2.25. The molecular formula is C66H109N3O30P3-3. The van der Waals surface area contributed by atoms with Crippen LogP contribution in [-0.2, 0) is 98.9 Å². The highest BCUT2D eigenvalue weighted by molar-refractivity contribution is 7.46. The van der Waals surface area contributed by atoms with E-state index in [9.17, 15) is 57.1 Å². The molecule has 0 fully saturated rings. The molecule has 586 valence electrons. The van der Waals surface area contributed by atoms with Gasteiger partial charge >= 0.3 is 36.2 Å². The molecule has 0 bridgehead atoms. The molecule has 0 aliphatic heterocycles. The standard InChI is InChI=1S/C22H36NO10P.C22H36NO9P.C21H34NO9P.CH4O.H2O/c1-4-10-29-15-20(25)33-21-17(2)12-19(13-18(21)3)14-30-22(26)23-9-7-5-6-8-11-31-34(27,28)32-16-24;1-5-11-29-16-20(24)32-21-17(2)13-19(14-18(21)3)15-30-22(25)23-10-8-6-7-9-12-31-33(26,27)28-4;1-4-10-28-15-19(23)31-20-16(2)12-18(13-17(20)3)14-29-21(24)22-9-7-5-6-8-11-30-32(25,26)27;1-2;/h12-13,24H,4-11,14-16H2,1-3H3,(H,23,26)(H,27,28);13-14H,5-12,15-16H2,1-4H3,(H,23,25)(H,26,27);12-13H,4-11,14-15H2,1-3H3,(H,22,24)(H2,25,26,27);2H,1H3;1H2/p-3. The van der Waals surface area contributed by atoms with Crippen LogP contribution in [0.3, 0.4) is 0 Å². The van der Waals surface area contributed by atoms with E-state index in [1.165, 1.54) is 0 Å². The van der Waals surface area contributed by atoms with Gasteiger partial charge in [0.1, 0.15) is 56.9 Å². The van der Waals surface area contributed by atoms with E-state index >= 15 is 0 Å². The SMILES string of the molecule is CCCOCC(=O)Oc1c(C)cc(COC(=O)NCCCCCCOP(=O)([O-])O)cc1C.CCCOCC(=O)Oc1c(C)cc(COC(=O)NCCCCCCOP(=O)([O-])OC)cc1C.CCCOCC(=O)Oc1c(C)cc(COC(=O)NCCCCCCOP(=O)([O-])OCO)cc1C.CO.O. The Morgan fingerprint density at radius 3 is 0.931 bits per heavy atom. The van der Waals surface area contributed by atoms with Crippen LogP contribution in [0, 0.1) is 41.5 Å². The number of rotatable bonds is 48. The second-order valence-electron chi connectivity index (χ2n) is 22.3. The van der Waals surface area contributed by atoms with Crippen LogP contribution in [-0.4, -0.2) is 157 Å². The fourth-order valence-corrected chi connectivity index (χ4v) is 10.2. The second kappa shape index (κ2) is 58.3. The summed E-state index contributed by atoms with van der Waals surface area (Å²) < 4.78 is 102. The lowest BCUT2D eigenvalue weighted by molar-refractivity contribution is -0.231. The minimum Gasteiger partial charge on any atom is -0.756 e. The summed E-state index contributed by atoms with van der Waals surface area (Å²) in [5.41, 5.74) is 6.88. The van der Waals surface area contributed by atoms with Crippen LogP contribution >= 0.6 is 23.5 Å². The average Bonchev–Trinajstić information content (AvgIpc) is 0.852. The Bertz CT molecular complexity index is 2960. The van der Waals surface area contributed by atoms with Crippen molar-refractivity contribution >= 4 is 59.7 Å². The number of aryl methyl sites for hydroxylation is 6. The van der Waals surface area contributed by atoms with Gasteiger partial charge < -0.3 is 112 Å². The van der Waals surface area contributed by atoms with Crippen LogP contribution < -0.4 is 44.8 Å². The molecule has 0 heterocycles. The van der Waals surface area contributed by atoms with Crippen molar-refractivity contribution in [3.05, 3.63) is 86.5 Å². The number of nitrogens with one attached hydrogen (secondary N) is 3. The van der Waals surface area contributed by atoms with E-state index < -0.39 is 66.4 Å². The molecule has 0 radical (unpaired) electrons. The zero-order valence-electron chi connectivity index (χ0n) is 60.7. The van der Waals surface area contributed by atoms with Crippen molar-refractivity contribution in [1.82, 2.24) is 16.0 Å². The smallest absolute Gasteiger partial charge is 0.407 e. The maximum Gasteiger partial charge on any atom is 0.407 e. The van der Waals surface area contributed by atoms with Gasteiger partial charge in [-0.3, -0.25) is 18.2 Å². The van der Waals surface area contributed by atoms with Crippen molar-refractivity contribution in [3.63, 3.8) is 0 Å². The largest absolute Gasteiger partial charge is 0.756 e. The molecule has 0 spiro atoms. The first-order valence-electron chi connectivity index (χ1n) is 33.2. The van der Waals surface area contributed by atoms with Crippen LogP contribution in [0.5, 0.6) is 17.2 Å². The number of hydrogen-bond donors (Lipinski definition) is 6. The van der Waals surface area contributed by atoms with E-state index in [0.29, 0.717) is 102 Å². The van der Waals surface area contributed by atoms with Gasteiger partial charge in [0.25, 0.3) is 23.5 Å². The van der Waals surface area contributed by atoms with E-state index in [1.54, 1.807) is 24.3 Å². The number of carbonyl (C=O) groups excluding carboxylic acids is 6. The summed E-state index contributed by atoms with van der Waals surface area (Å²) in [6.07, 6.45) is 9.06. The first-order chi connectivity index (χ1) is 48.0. The Kier molecular flexibility index (Phi) is 56.0. The first-order valence-corrected chi connectivity index (χ1v) is 37.6. The highest BCUT2D eigenvalue weighted by atomic mass is 31.2. The minimum atomic E-state index is -4.65. The number of aliphatic hydroxyl groups is 2. The third-order valence-electron chi connectivity index (χ3n) is 13.2. The molecule has 3 rings (SSSR count). The molecule has 3 aromatic rings. The molecule has 8 N–H and O–H groups in total. The van der Waals surface area contributed by atoms with E-state index in [0.717, 1.165) is 116 Å². The van der Waals surface area contributed by atoms with E-state index in [4.69, 9.17) is 57.7 Å². The van der Waals surface area contributed by atoms with Crippen molar-refractivity contribution in [1.29, 1.82) is 0 Å². The van der Waals surface area contributed by atoms with Gasteiger partial charge in [-0.2, -0.15) is 0 Å². The predicted octanol–water partition coefficient (Wildman–Crippen LogP) is 8.11. The summed E-state index contributed by atoms with van der Waals surface area (Å²) in [5.74, 6) is 0.0643. The van der Waals surface area contributed by atoms with Crippen molar-refractivity contribution < 1.29 is 143 Å². The van der Waals surface area contributed by atoms with Crippen molar-refractivity contribution in [2.45, 2.75) is 178 Å². The van der Waals surface area contributed by atoms with E-state index in [2.05, 4.69) is 38.6 Å². The molecule has 0 saturated heterocycles. The molecular weight excluding hydrogens is 1410 g/mol. The molecule has 0 aliphatic rings. The normalized spacial score (nSPS) is 12.4. The molecule has 102 heavy (non-hydrogen) atoms. The summed E-state index contributed by atoms with van der Waals surface area (Å²) in [5, 5.41) is 23.4. The third kappa shape index (κ3) is 50.4. The monoisotopic (exact) mass is 1520 g/mol. The number of amides is 3. The zero-order valence-corrected chi connectivity index (χ0v) is 63.4. The first kappa shape index (κ1) is 98.0. The number of esters is 3. The van der Waals surface area contributed by atoms with Crippen molar-refractivity contribution in [2.75, 3.05) is 100 Å². The lowest BCUT2D eigenvalue weighted by Gasteiger charge is -2.20. The molecule has 3 unspecified atom stereocenters. The third-order valence-corrected chi connectivity index (χ3v) is 15.6. The maximum atomic E-state index is 11.9. The average molecular weight is 1520 g/mol. The van der Waals surface area contributed by atoms with Gasteiger partial charge in [0.05, 0.1) is 19.8 Å². The zero-order chi connectivity index (χ0) is 76.1. The maximum absolute atomic E-state index is 11.9. The Labute approximate surface area is 598 Å². The summed E-state index contributed by atoms with van der Waals surface area (Å²) in [6.45, 7) is 18.5. The van der Waals surface area contributed by atoms with Gasteiger partial charge in [-0.25, -0.2) is 28.8 Å².